The van der Waals surface area contributed by atoms with Crippen LogP contribution in [0.25, 0.3) is 16.9 Å². The molecule has 3 heterocycles. The molecule has 1 fully saturated rings. The van der Waals surface area contributed by atoms with Gasteiger partial charge in [-0.3, -0.25) is 9.47 Å². The van der Waals surface area contributed by atoms with Crippen molar-refractivity contribution < 1.29 is 0 Å². The molecule has 3 aromatic rings. The number of hydrogen-bond donors (Lipinski definition) is 0. The summed E-state index contributed by atoms with van der Waals surface area (Å²) >= 11 is 0. The van der Waals surface area contributed by atoms with Gasteiger partial charge >= 0.3 is 0 Å². The van der Waals surface area contributed by atoms with Gasteiger partial charge < -0.3 is 0 Å². The minimum Gasteiger partial charge on any atom is -0.297 e. The Labute approximate surface area is 136 Å². The minimum atomic E-state index is 0.360. The topological polar surface area (TPSA) is 34.0 Å². The van der Waals surface area contributed by atoms with Gasteiger partial charge in [0.1, 0.15) is 11.3 Å². The van der Waals surface area contributed by atoms with E-state index in [1.165, 1.54) is 18.4 Å². The van der Waals surface area contributed by atoms with Crippen molar-refractivity contribution in [3.63, 3.8) is 0 Å². The van der Waals surface area contributed by atoms with Crippen LogP contribution in [0.15, 0.2) is 42.6 Å². The molecule has 0 amide bonds. The monoisotopic (exact) mass is 306 g/mol. The van der Waals surface area contributed by atoms with Gasteiger partial charge in [-0.15, -0.1) is 0 Å². The summed E-state index contributed by atoms with van der Waals surface area (Å²) in [5.41, 5.74) is 4.33. The normalized spacial score (nSPS) is 19.3. The predicted molar refractivity (Wildman–Crippen MR) is 92.8 cm³/mol. The van der Waals surface area contributed by atoms with Gasteiger partial charge in [-0.05, 0) is 63.2 Å². The van der Waals surface area contributed by atoms with Gasteiger partial charge in [-0.1, -0.05) is 18.6 Å². The van der Waals surface area contributed by atoms with Gasteiger partial charge in [0.2, 0.25) is 0 Å². The second kappa shape index (κ2) is 5.78. The summed E-state index contributed by atoms with van der Waals surface area (Å²) in [7, 11) is 2.21. The molecule has 1 aliphatic rings. The lowest BCUT2D eigenvalue weighted by atomic mass is 10.0. The molecule has 1 aliphatic heterocycles. The van der Waals surface area contributed by atoms with Crippen LogP contribution in [0.3, 0.4) is 0 Å². The summed E-state index contributed by atoms with van der Waals surface area (Å²) in [6.07, 6.45) is 5.55. The van der Waals surface area contributed by atoms with Gasteiger partial charge in [-0.2, -0.15) is 0 Å². The highest BCUT2D eigenvalue weighted by molar-refractivity contribution is 5.74. The van der Waals surface area contributed by atoms with E-state index >= 15 is 0 Å². The van der Waals surface area contributed by atoms with Crippen LogP contribution in [-0.4, -0.2) is 33.0 Å². The van der Waals surface area contributed by atoms with Gasteiger partial charge in [0.25, 0.3) is 0 Å². The molecule has 1 saturated heterocycles. The summed E-state index contributed by atoms with van der Waals surface area (Å²) in [6.45, 7) is 3.26. The maximum atomic E-state index is 4.95. The fourth-order valence-electron chi connectivity index (χ4n) is 3.58. The second-order valence-electron chi connectivity index (χ2n) is 6.48. The molecule has 1 unspecified atom stereocenters. The quantitative estimate of drug-likeness (QED) is 0.720. The first kappa shape index (κ1) is 14.4. The molecular weight excluding hydrogens is 284 g/mol. The van der Waals surface area contributed by atoms with Crippen LogP contribution in [0, 0.1) is 6.92 Å². The molecule has 4 heteroatoms. The predicted octanol–water partition coefficient (Wildman–Crippen LogP) is 3.89. The van der Waals surface area contributed by atoms with E-state index in [1.807, 2.05) is 12.3 Å². The van der Waals surface area contributed by atoms with Crippen LogP contribution in [-0.2, 0) is 0 Å². The van der Waals surface area contributed by atoms with E-state index in [0.29, 0.717) is 6.04 Å². The number of aryl methyl sites for hydroxylation is 1. The maximum Gasteiger partial charge on any atom is 0.164 e. The zero-order valence-electron chi connectivity index (χ0n) is 13.7. The Kier molecular flexibility index (Phi) is 3.62. The Morgan fingerprint density at radius 2 is 2.04 bits per heavy atom. The highest BCUT2D eigenvalue weighted by Crippen LogP contribution is 2.32. The van der Waals surface area contributed by atoms with E-state index in [0.717, 1.165) is 35.6 Å². The highest BCUT2D eigenvalue weighted by Gasteiger charge is 2.27. The Bertz CT molecular complexity index is 836. The molecule has 0 bridgehead atoms. The van der Waals surface area contributed by atoms with Crippen LogP contribution in [0.4, 0.5) is 0 Å². The zero-order valence-corrected chi connectivity index (χ0v) is 13.7. The number of hydrogen-bond acceptors (Lipinski definition) is 3. The molecule has 0 spiro atoms. The van der Waals surface area contributed by atoms with Gasteiger partial charge in [0.15, 0.2) is 5.65 Å². The van der Waals surface area contributed by atoms with E-state index in [2.05, 4.69) is 58.8 Å². The van der Waals surface area contributed by atoms with Gasteiger partial charge in [0.05, 0.1) is 6.04 Å². The molecule has 0 saturated carbocycles. The summed E-state index contributed by atoms with van der Waals surface area (Å²) in [4.78, 5) is 12.0. The number of aromatic nitrogens is 3. The standard InChI is InChI=1S/C19H22N4/c1-14-7-5-8-15(13-14)23-18-16(9-6-11-20-18)21-19(23)17-10-3-4-12-22(17)2/h5-9,11,13,17H,3-4,10,12H2,1-2H3. The molecule has 118 valence electrons. The Morgan fingerprint density at radius 3 is 2.87 bits per heavy atom. The van der Waals surface area contributed by atoms with E-state index in [1.54, 1.807) is 0 Å². The summed E-state index contributed by atoms with van der Waals surface area (Å²) in [6, 6.07) is 13.0. The van der Waals surface area contributed by atoms with Crippen LogP contribution >= 0.6 is 0 Å². The van der Waals surface area contributed by atoms with Crippen LogP contribution in [0.1, 0.15) is 36.7 Å². The van der Waals surface area contributed by atoms with Crippen LogP contribution in [0.2, 0.25) is 0 Å². The first-order valence-corrected chi connectivity index (χ1v) is 8.35. The third-order valence-corrected chi connectivity index (χ3v) is 4.77. The summed E-state index contributed by atoms with van der Waals surface area (Å²) in [5, 5.41) is 0. The molecule has 1 atom stereocenters. The number of rotatable bonds is 2. The molecule has 4 nitrogen and oxygen atoms in total. The zero-order chi connectivity index (χ0) is 15.8. The van der Waals surface area contributed by atoms with Crippen molar-refractivity contribution in [1.29, 1.82) is 0 Å². The average molecular weight is 306 g/mol. The number of piperidine rings is 1. The van der Waals surface area contributed by atoms with E-state index < -0.39 is 0 Å². The smallest absolute Gasteiger partial charge is 0.164 e. The number of pyridine rings is 1. The molecular formula is C19H22N4. The third kappa shape index (κ3) is 2.53. The van der Waals surface area contributed by atoms with Crippen molar-refractivity contribution in [2.45, 2.75) is 32.2 Å². The lowest BCUT2D eigenvalue weighted by Gasteiger charge is -2.32. The molecule has 0 N–H and O–H groups in total. The number of fused-ring (bicyclic) bond motifs is 1. The second-order valence-corrected chi connectivity index (χ2v) is 6.48. The maximum absolute atomic E-state index is 4.95. The van der Waals surface area contributed by atoms with Crippen molar-refractivity contribution in [2.24, 2.45) is 0 Å². The lowest BCUT2D eigenvalue weighted by Crippen LogP contribution is -2.31. The Morgan fingerprint density at radius 1 is 1.13 bits per heavy atom. The van der Waals surface area contributed by atoms with Crippen LogP contribution < -0.4 is 0 Å². The molecule has 4 rings (SSSR count). The van der Waals surface area contributed by atoms with Crippen LogP contribution in [0.5, 0.6) is 0 Å². The molecule has 2 aromatic heterocycles. The number of benzene rings is 1. The fourth-order valence-corrected chi connectivity index (χ4v) is 3.58. The van der Waals surface area contributed by atoms with Crippen molar-refractivity contribution >= 4 is 11.2 Å². The van der Waals surface area contributed by atoms with E-state index in [4.69, 9.17) is 4.98 Å². The molecule has 23 heavy (non-hydrogen) atoms. The summed E-state index contributed by atoms with van der Waals surface area (Å²) in [5.74, 6) is 1.12. The number of likely N-dealkylation sites (tertiary alicyclic amines) is 1. The SMILES string of the molecule is Cc1cccc(-n2c(C3CCCCN3C)nc3cccnc32)c1. The van der Waals surface area contributed by atoms with Crippen molar-refractivity contribution in [3.05, 3.63) is 54.0 Å². The molecule has 0 radical (unpaired) electrons. The first-order chi connectivity index (χ1) is 11.2. The Balaban J connectivity index is 1.94. The number of nitrogens with zero attached hydrogens (tertiary/aromatic N) is 4. The number of imidazole rings is 1. The average Bonchev–Trinajstić information content (AvgIpc) is 2.94. The molecule has 0 aliphatic carbocycles. The van der Waals surface area contributed by atoms with Crippen molar-refractivity contribution in [2.75, 3.05) is 13.6 Å². The van der Waals surface area contributed by atoms with Gasteiger partial charge in [-0.25, -0.2) is 9.97 Å². The summed E-state index contributed by atoms with van der Waals surface area (Å²) < 4.78 is 2.24. The van der Waals surface area contributed by atoms with Crippen molar-refractivity contribution in [1.82, 2.24) is 19.4 Å². The Hall–Kier alpha value is -2.20. The first-order valence-electron chi connectivity index (χ1n) is 8.35. The minimum absolute atomic E-state index is 0.360. The van der Waals surface area contributed by atoms with Gasteiger partial charge in [0, 0.05) is 11.9 Å². The van der Waals surface area contributed by atoms with E-state index in [9.17, 15) is 0 Å². The lowest BCUT2D eigenvalue weighted by molar-refractivity contribution is 0.178. The third-order valence-electron chi connectivity index (χ3n) is 4.77. The van der Waals surface area contributed by atoms with E-state index in [-0.39, 0.29) is 0 Å². The fraction of sp³-hybridized carbons (Fsp3) is 0.368. The largest absolute Gasteiger partial charge is 0.297 e. The van der Waals surface area contributed by atoms with Crippen molar-refractivity contribution in [3.8, 4) is 5.69 Å². The highest BCUT2D eigenvalue weighted by atomic mass is 15.2. The molecule has 1 aromatic carbocycles.